The highest BCUT2D eigenvalue weighted by Crippen LogP contribution is 2.26. The maximum absolute atomic E-state index is 5.35. The third kappa shape index (κ3) is 1.54. The van der Waals surface area contributed by atoms with Gasteiger partial charge in [0.1, 0.15) is 0 Å². The Hall–Kier alpha value is 0.390. The Morgan fingerprint density at radius 3 is 2.67 bits per heavy atom. The minimum Gasteiger partial charge on any atom is -0.372 e. The monoisotopic (exact) mass is 338 g/mol. The molecule has 64 valence electrons. The summed E-state index contributed by atoms with van der Waals surface area (Å²) in [5.41, 5.74) is 4.06. The summed E-state index contributed by atoms with van der Waals surface area (Å²) in [5, 5.41) is 0.929. The van der Waals surface area contributed by atoms with Crippen molar-refractivity contribution in [3.63, 3.8) is 0 Å². The van der Waals surface area contributed by atoms with E-state index >= 15 is 0 Å². The Kier molecular flexibility index (Phi) is 2.72. The second kappa shape index (κ2) is 3.64. The Balaban J connectivity index is 2.49. The van der Waals surface area contributed by atoms with Gasteiger partial charge in [0.05, 0.1) is 13.2 Å². The average molecular weight is 339 g/mol. The average Bonchev–Trinajstić information content (AvgIpc) is 2.49. The molecule has 0 bridgehead atoms. The van der Waals surface area contributed by atoms with Gasteiger partial charge >= 0.3 is 0 Å². The Bertz CT molecular complexity index is 311. The van der Waals surface area contributed by atoms with Crippen LogP contribution in [-0.4, -0.2) is 0 Å². The predicted molar refractivity (Wildman–Crippen MR) is 60.3 cm³/mol. The van der Waals surface area contributed by atoms with Crippen molar-refractivity contribution in [2.45, 2.75) is 18.5 Å². The maximum atomic E-state index is 5.35. The Morgan fingerprint density at radius 2 is 2.00 bits per heavy atom. The summed E-state index contributed by atoms with van der Waals surface area (Å²) in [6.07, 6.45) is 0. The van der Waals surface area contributed by atoms with Gasteiger partial charge in [-0.1, -0.05) is 22.0 Å². The molecule has 0 aliphatic carbocycles. The van der Waals surface area contributed by atoms with E-state index in [1.54, 1.807) is 0 Å². The first kappa shape index (κ1) is 8.97. The molecule has 1 nitrogen and oxygen atoms in total. The Labute approximate surface area is 93.8 Å². The molecule has 0 unspecified atom stereocenters. The second-order valence-corrected chi connectivity index (χ2v) is 4.56. The maximum Gasteiger partial charge on any atom is 0.0725 e. The Morgan fingerprint density at radius 1 is 1.33 bits per heavy atom. The van der Waals surface area contributed by atoms with Crippen molar-refractivity contribution < 1.29 is 4.74 Å². The van der Waals surface area contributed by atoms with Crippen molar-refractivity contribution in [3.8, 4) is 0 Å². The van der Waals surface area contributed by atoms with E-state index in [1.807, 2.05) is 0 Å². The van der Waals surface area contributed by atoms with E-state index in [1.165, 1.54) is 20.3 Å². The molecule has 0 amide bonds. The van der Waals surface area contributed by atoms with Crippen LogP contribution in [0, 0.1) is 3.57 Å². The molecule has 0 radical (unpaired) electrons. The molecule has 12 heavy (non-hydrogen) atoms. The van der Waals surface area contributed by atoms with Crippen LogP contribution >= 0.6 is 38.5 Å². The summed E-state index contributed by atoms with van der Waals surface area (Å²) in [6, 6.07) is 4.46. The van der Waals surface area contributed by atoms with Gasteiger partial charge in [-0.15, -0.1) is 0 Å². The van der Waals surface area contributed by atoms with Gasteiger partial charge < -0.3 is 4.74 Å². The van der Waals surface area contributed by atoms with Gasteiger partial charge in [0.2, 0.25) is 0 Å². The largest absolute Gasteiger partial charge is 0.372 e. The SMILES string of the molecule is BrCc1cc2c(cc1I)COC2. The van der Waals surface area contributed by atoms with Crippen molar-refractivity contribution in [2.24, 2.45) is 0 Å². The van der Waals surface area contributed by atoms with Crippen LogP contribution < -0.4 is 0 Å². The quantitative estimate of drug-likeness (QED) is 0.564. The first-order valence-electron chi connectivity index (χ1n) is 3.75. The number of rotatable bonds is 1. The first-order chi connectivity index (χ1) is 5.81. The molecule has 1 aromatic rings. The van der Waals surface area contributed by atoms with Gasteiger partial charge in [-0.3, -0.25) is 0 Å². The third-order valence-corrected chi connectivity index (χ3v) is 3.64. The first-order valence-corrected chi connectivity index (χ1v) is 5.95. The van der Waals surface area contributed by atoms with Crippen LogP contribution in [0.5, 0.6) is 0 Å². The van der Waals surface area contributed by atoms with Crippen molar-refractivity contribution in [3.05, 3.63) is 32.4 Å². The third-order valence-electron chi connectivity index (χ3n) is 2.03. The van der Waals surface area contributed by atoms with Gasteiger partial charge in [-0.2, -0.15) is 0 Å². The van der Waals surface area contributed by atoms with Crippen molar-refractivity contribution in [1.82, 2.24) is 0 Å². The molecule has 1 aromatic carbocycles. The van der Waals surface area contributed by atoms with Gasteiger partial charge in [0.15, 0.2) is 0 Å². The number of alkyl halides is 1. The number of fused-ring (bicyclic) bond motifs is 1. The van der Waals surface area contributed by atoms with E-state index in [4.69, 9.17) is 4.74 Å². The van der Waals surface area contributed by atoms with Crippen LogP contribution in [0.25, 0.3) is 0 Å². The molecule has 0 saturated carbocycles. The van der Waals surface area contributed by atoms with E-state index in [0.29, 0.717) is 0 Å². The van der Waals surface area contributed by atoms with E-state index in [2.05, 4.69) is 50.7 Å². The highest BCUT2D eigenvalue weighted by atomic mass is 127. The van der Waals surface area contributed by atoms with E-state index in [9.17, 15) is 0 Å². The standard InChI is InChI=1S/C9H8BrIO/c10-3-6-1-7-4-12-5-8(7)2-9(6)11/h1-2H,3-5H2. The zero-order valence-corrected chi connectivity index (χ0v) is 10.2. The van der Waals surface area contributed by atoms with E-state index < -0.39 is 0 Å². The fourth-order valence-electron chi connectivity index (χ4n) is 1.35. The molecule has 0 spiro atoms. The molecule has 1 aliphatic rings. The summed E-state index contributed by atoms with van der Waals surface area (Å²) in [6.45, 7) is 1.57. The minimum absolute atomic E-state index is 0.784. The fourth-order valence-corrected chi connectivity index (χ4v) is 3.06. The van der Waals surface area contributed by atoms with Crippen LogP contribution in [0.1, 0.15) is 16.7 Å². The zero-order chi connectivity index (χ0) is 8.55. The van der Waals surface area contributed by atoms with E-state index in [0.717, 1.165) is 18.5 Å². The van der Waals surface area contributed by atoms with Crippen LogP contribution in [0.15, 0.2) is 12.1 Å². The molecule has 1 heterocycles. The number of ether oxygens (including phenoxy) is 1. The second-order valence-electron chi connectivity index (χ2n) is 2.84. The highest BCUT2D eigenvalue weighted by Gasteiger charge is 2.13. The minimum atomic E-state index is 0.784. The lowest BCUT2D eigenvalue weighted by Crippen LogP contribution is -1.90. The summed E-state index contributed by atoms with van der Waals surface area (Å²) in [7, 11) is 0. The smallest absolute Gasteiger partial charge is 0.0725 e. The van der Waals surface area contributed by atoms with Crippen LogP contribution in [0.4, 0.5) is 0 Å². The van der Waals surface area contributed by atoms with Crippen molar-refractivity contribution >= 4 is 38.5 Å². The molecule has 0 saturated heterocycles. The summed E-state index contributed by atoms with van der Waals surface area (Å²) in [5.74, 6) is 0. The number of halogens is 2. The number of benzene rings is 1. The van der Waals surface area contributed by atoms with Gasteiger partial charge in [0, 0.05) is 8.90 Å². The summed E-state index contributed by atoms with van der Waals surface area (Å²) in [4.78, 5) is 0. The molecular formula is C9H8BrIO. The van der Waals surface area contributed by atoms with Gasteiger partial charge in [-0.05, 0) is 45.3 Å². The topological polar surface area (TPSA) is 9.23 Å². The molecule has 0 N–H and O–H groups in total. The fraction of sp³-hybridized carbons (Fsp3) is 0.333. The van der Waals surface area contributed by atoms with Crippen molar-refractivity contribution in [2.75, 3.05) is 0 Å². The lowest BCUT2D eigenvalue weighted by molar-refractivity contribution is 0.134. The summed E-state index contributed by atoms with van der Waals surface area (Å²) < 4.78 is 6.68. The summed E-state index contributed by atoms with van der Waals surface area (Å²) >= 11 is 5.84. The number of hydrogen-bond donors (Lipinski definition) is 0. The molecule has 0 aromatic heterocycles. The lowest BCUT2D eigenvalue weighted by Gasteiger charge is -2.03. The molecule has 2 rings (SSSR count). The lowest BCUT2D eigenvalue weighted by atomic mass is 10.1. The molecule has 0 atom stereocenters. The molecule has 1 aliphatic heterocycles. The van der Waals surface area contributed by atoms with Gasteiger partial charge in [0.25, 0.3) is 0 Å². The molecule has 3 heteroatoms. The van der Waals surface area contributed by atoms with E-state index in [-0.39, 0.29) is 0 Å². The molecule has 0 fully saturated rings. The number of hydrogen-bond acceptors (Lipinski definition) is 1. The van der Waals surface area contributed by atoms with Gasteiger partial charge in [-0.25, -0.2) is 0 Å². The van der Waals surface area contributed by atoms with Crippen LogP contribution in [-0.2, 0) is 23.3 Å². The normalized spacial score (nSPS) is 14.8. The molecular weight excluding hydrogens is 331 g/mol. The zero-order valence-electron chi connectivity index (χ0n) is 6.44. The van der Waals surface area contributed by atoms with Crippen LogP contribution in [0.3, 0.4) is 0 Å². The predicted octanol–water partition coefficient (Wildman–Crippen LogP) is 3.22. The highest BCUT2D eigenvalue weighted by molar-refractivity contribution is 14.1. The van der Waals surface area contributed by atoms with Crippen molar-refractivity contribution in [1.29, 1.82) is 0 Å². The van der Waals surface area contributed by atoms with Crippen LogP contribution in [0.2, 0.25) is 0 Å².